The molecule has 24 heavy (non-hydrogen) atoms. The maximum atomic E-state index is 12.0. The zero-order valence-electron chi connectivity index (χ0n) is 14.6. The minimum Gasteiger partial charge on any atom is -0.298 e. The number of hydrogen-bond acceptors (Lipinski definition) is 3. The van der Waals surface area contributed by atoms with Gasteiger partial charge in [-0.25, -0.2) is 4.98 Å². The molecule has 0 bridgehead atoms. The summed E-state index contributed by atoms with van der Waals surface area (Å²) in [4.78, 5) is 16.4. The first kappa shape index (κ1) is 19.6. The number of carbonyl (C=O) groups is 1. The van der Waals surface area contributed by atoms with Crippen molar-refractivity contribution >= 4 is 22.4 Å². The van der Waals surface area contributed by atoms with Crippen LogP contribution in [0.3, 0.4) is 0 Å². The number of nitrogens with zero attached hydrogens (tertiary/aromatic N) is 1. The highest BCUT2D eigenvalue weighted by Crippen LogP contribution is 2.24. The molecular weight excluding hydrogens is 316 g/mol. The van der Waals surface area contributed by atoms with Gasteiger partial charge in [0.15, 0.2) is 5.13 Å². The molecule has 2 aromatic carbocycles. The van der Waals surface area contributed by atoms with Crippen LogP contribution in [0, 0.1) is 0 Å². The third-order valence-corrected chi connectivity index (χ3v) is 3.59. The fourth-order valence-corrected chi connectivity index (χ4v) is 2.55. The minimum absolute atomic E-state index is 0.139. The van der Waals surface area contributed by atoms with Crippen molar-refractivity contribution in [1.29, 1.82) is 0 Å². The lowest BCUT2D eigenvalue weighted by Gasteiger charge is -2.00. The number of anilines is 1. The van der Waals surface area contributed by atoms with Crippen molar-refractivity contribution in [2.75, 3.05) is 5.32 Å². The van der Waals surface area contributed by atoms with Gasteiger partial charge in [0.05, 0.1) is 5.69 Å². The lowest BCUT2D eigenvalue weighted by molar-refractivity contribution is 0.102. The van der Waals surface area contributed by atoms with Gasteiger partial charge in [0.25, 0.3) is 5.91 Å². The maximum Gasteiger partial charge on any atom is 0.257 e. The fourth-order valence-electron chi connectivity index (χ4n) is 1.83. The van der Waals surface area contributed by atoms with Crippen LogP contribution in [0.4, 0.5) is 5.13 Å². The standard InChI is InChI=1S/C16H12N2OS.2C2H6/c19-15(13-9-5-2-6-10-13)18-16-17-14(11-20-16)12-7-3-1-4-8-12;2*1-2/h1-11H,(H,17,18,19);2*1-2H3. The Labute approximate surface area is 148 Å². The first-order valence-electron chi connectivity index (χ1n) is 8.20. The lowest BCUT2D eigenvalue weighted by Crippen LogP contribution is -2.11. The SMILES string of the molecule is CC.CC.O=C(Nc1nc(-c2ccccc2)cs1)c1ccccc1. The highest BCUT2D eigenvalue weighted by Gasteiger charge is 2.09. The Balaban J connectivity index is 0.000000671. The summed E-state index contributed by atoms with van der Waals surface area (Å²) < 4.78 is 0. The molecule has 1 amide bonds. The van der Waals surface area contributed by atoms with Crippen LogP contribution >= 0.6 is 11.3 Å². The van der Waals surface area contributed by atoms with Crippen LogP contribution in [-0.4, -0.2) is 10.9 Å². The van der Waals surface area contributed by atoms with Gasteiger partial charge < -0.3 is 0 Å². The van der Waals surface area contributed by atoms with Crippen LogP contribution in [0.2, 0.25) is 0 Å². The smallest absolute Gasteiger partial charge is 0.257 e. The van der Waals surface area contributed by atoms with Gasteiger partial charge in [0.2, 0.25) is 0 Å². The number of rotatable bonds is 3. The van der Waals surface area contributed by atoms with E-state index in [4.69, 9.17) is 0 Å². The van der Waals surface area contributed by atoms with E-state index in [2.05, 4.69) is 10.3 Å². The number of amides is 1. The molecule has 0 atom stereocenters. The Morgan fingerprint density at radius 1 is 0.875 bits per heavy atom. The van der Waals surface area contributed by atoms with E-state index in [-0.39, 0.29) is 5.91 Å². The van der Waals surface area contributed by atoms with Gasteiger partial charge in [0.1, 0.15) is 0 Å². The van der Waals surface area contributed by atoms with E-state index in [9.17, 15) is 4.79 Å². The van der Waals surface area contributed by atoms with Gasteiger partial charge in [-0.2, -0.15) is 0 Å². The summed E-state index contributed by atoms with van der Waals surface area (Å²) in [5, 5.41) is 5.37. The second-order valence-electron chi connectivity index (χ2n) is 4.22. The quantitative estimate of drug-likeness (QED) is 0.624. The molecule has 0 fully saturated rings. The van der Waals surface area contributed by atoms with Gasteiger partial charge in [-0.05, 0) is 12.1 Å². The minimum atomic E-state index is -0.139. The van der Waals surface area contributed by atoms with Gasteiger partial charge in [-0.1, -0.05) is 76.2 Å². The number of aromatic nitrogens is 1. The van der Waals surface area contributed by atoms with Crippen LogP contribution in [-0.2, 0) is 0 Å². The third kappa shape index (κ3) is 5.63. The van der Waals surface area contributed by atoms with Crippen molar-refractivity contribution in [2.24, 2.45) is 0 Å². The number of thiazole rings is 1. The number of benzene rings is 2. The maximum absolute atomic E-state index is 12.0. The summed E-state index contributed by atoms with van der Waals surface area (Å²) in [6.45, 7) is 8.00. The van der Waals surface area contributed by atoms with E-state index in [1.165, 1.54) is 11.3 Å². The van der Waals surface area contributed by atoms with E-state index < -0.39 is 0 Å². The van der Waals surface area contributed by atoms with Gasteiger partial charge >= 0.3 is 0 Å². The number of nitrogens with one attached hydrogen (secondary N) is 1. The molecule has 1 aromatic heterocycles. The molecule has 4 heteroatoms. The van der Waals surface area contributed by atoms with Crippen molar-refractivity contribution in [3.05, 3.63) is 71.6 Å². The summed E-state index contributed by atoms with van der Waals surface area (Å²) in [6, 6.07) is 19.0. The van der Waals surface area contributed by atoms with Crippen LogP contribution in [0.5, 0.6) is 0 Å². The Morgan fingerprint density at radius 2 is 1.42 bits per heavy atom. The van der Waals surface area contributed by atoms with Crippen LogP contribution in [0.15, 0.2) is 66.0 Å². The Hall–Kier alpha value is -2.46. The summed E-state index contributed by atoms with van der Waals surface area (Å²) in [7, 11) is 0. The van der Waals surface area contributed by atoms with Crippen molar-refractivity contribution in [3.63, 3.8) is 0 Å². The molecule has 126 valence electrons. The van der Waals surface area contributed by atoms with Crippen molar-refractivity contribution in [3.8, 4) is 11.3 Å². The zero-order chi connectivity index (χ0) is 17.8. The van der Waals surface area contributed by atoms with Crippen LogP contribution in [0.25, 0.3) is 11.3 Å². The Bertz CT molecular complexity index is 709. The Kier molecular flexibility index (Phi) is 9.09. The molecular formula is C20H24N2OS. The third-order valence-electron chi connectivity index (χ3n) is 2.83. The van der Waals surface area contributed by atoms with E-state index >= 15 is 0 Å². The highest BCUT2D eigenvalue weighted by molar-refractivity contribution is 7.14. The Morgan fingerprint density at radius 3 is 2.00 bits per heavy atom. The molecule has 3 rings (SSSR count). The monoisotopic (exact) mass is 340 g/mol. The second-order valence-corrected chi connectivity index (χ2v) is 5.08. The first-order valence-corrected chi connectivity index (χ1v) is 9.08. The number of hydrogen-bond donors (Lipinski definition) is 1. The largest absolute Gasteiger partial charge is 0.298 e. The average Bonchev–Trinajstić information content (AvgIpc) is 3.15. The molecule has 0 aliphatic carbocycles. The second kappa shape index (κ2) is 11.1. The van der Waals surface area contributed by atoms with Crippen molar-refractivity contribution < 1.29 is 4.79 Å². The van der Waals surface area contributed by atoms with Gasteiger partial charge in [-0.3, -0.25) is 10.1 Å². The van der Waals surface area contributed by atoms with Gasteiger partial charge in [-0.15, -0.1) is 11.3 Å². The van der Waals surface area contributed by atoms with Crippen LogP contribution in [0.1, 0.15) is 38.1 Å². The summed E-state index contributed by atoms with van der Waals surface area (Å²) in [6.07, 6.45) is 0. The van der Waals surface area contributed by atoms with Gasteiger partial charge in [0, 0.05) is 16.5 Å². The summed E-state index contributed by atoms with van der Waals surface area (Å²) in [5.74, 6) is -0.139. The fraction of sp³-hybridized carbons (Fsp3) is 0.200. The van der Waals surface area contributed by atoms with E-state index in [1.54, 1.807) is 12.1 Å². The predicted molar refractivity (Wildman–Crippen MR) is 105 cm³/mol. The lowest BCUT2D eigenvalue weighted by atomic mass is 10.2. The molecule has 3 aromatic rings. The van der Waals surface area contributed by atoms with E-state index in [0.717, 1.165) is 11.3 Å². The normalized spacial score (nSPS) is 9.00. The van der Waals surface area contributed by atoms with E-state index in [0.29, 0.717) is 10.7 Å². The number of carbonyl (C=O) groups excluding carboxylic acids is 1. The molecule has 0 spiro atoms. The summed E-state index contributed by atoms with van der Waals surface area (Å²) in [5.41, 5.74) is 2.55. The van der Waals surface area contributed by atoms with Crippen molar-refractivity contribution in [2.45, 2.75) is 27.7 Å². The molecule has 1 N–H and O–H groups in total. The predicted octanol–water partition coefficient (Wildman–Crippen LogP) is 6.11. The molecule has 0 aliphatic rings. The molecule has 0 aliphatic heterocycles. The molecule has 3 nitrogen and oxygen atoms in total. The molecule has 0 saturated carbocycles. The van der Waals surface area contributed by atoms with Crippen molar-refractivity contribution in [1.82, 2.24) is 4.98 Å². The summed E-state index contributed by atoms with van der Waals surface area (Å²) >= 11 is 1.42. The van der Waals surface area contributed by atoms with E-state index in [1.807, 2.05) is 81.6 Å². The molecule has 1 heterocycles. The molecule has 0 unspecified atom stereocenters. The highest BCUT2D eigenvalue weighted by atomic mass is 32.1. The molecule has 0 radical (unpaired) electrons. The first-order chi connectivity index (χ1) is 11.8. The molecule has 0 saturated heterocycles. The van der Waals surface area contributed by atoms with Crippen LogP contribution < -0.4 is 5.32 Å². The zero-order valence-corrected chi connectivity index (χ0v) is 15.4. The average molecular weight is 340 g/mol. The topological polar surface area (TPSA) is 42.0 Å².